The Morgan fingerprint density at radius 2 is 2.04 bits per heavy atom. The van der Waals surface area contributed by atoms with Gasteiger partial charge in [0.05, 0.1) is 6.54 Å². The van der Waals surface area contributed by atoms with Crippen molar-refractivity contribution >= 4 is 5.91 Å². The highest BCUT2D eigenvalue weighted by atomic mass is 16.5. The van der Waals surface area contributed by atoms with Crippen molar-refractivity contribution in [2.45, 2.75) is 33.3 Å². The first-order valence-electron chi connectivity index (χ1n) is 7.77. The maximum atomic E-state index is 12.0. The zero-order valence-corrected chi connectivity index (χ0v) is 13.7. The zero-order valence-electron chi connectivity index (χ0n) is 13.7. The SMILES string of the molecule is CC(C)(C)C(=O)NCC1Cc2cccc(-c3cncnc3)c2O1. The summed E-state index contributed by atoms with van der Waals surface area (Å²) < 4.78 is 6.09. The van der Waals surface area contributed by atoms with E-state index in [2.05, 4.69) is 21.4 Å². The number of nitrogens with one attached hydrogen (secondary N) is 1. The lowest BCUT2D eigenvalue weighted by Crippen LogP contribution is -2.40. The molecule has 1 N–H and O–H groups in total. The molecule has 0 aliphatic carbocycles. The second kappa shape index (κ2) is 5.99. The number of nitrogens with zero attached hydrogens (tertiary/aromatic N) is 2. The number of carbonyl (C=O) groups is 1. The third-order valence-electron chi connectivity index (χ3n) is 3.87. The first kappa shape index (κ1) is 15.5. The summed E-state index contributed by atoms with van der Waals surface area (Å²) in [5, 5.41) is 2.97. The van der Waals surface area contributed by atoms with E-state index in [1.165, 1.54) is 6.33 Å². The molecule has 0 spiro atoms. The van der Waals surface area contributed by atoms with Crippen molar-refractivity contribution in [3.05, 3.63) is 42.5 Å². The lowest BCUT2D eigenvalue weighted by molar-refractivity contribution is -0.128. The van der Waals surface area contributed by atoms with Crippen molar-refractivity contribution < 1.29 is 9.53 Å². The zero-order chi connectivity index (χ0) is 16.4. The van der Waals surface area contributed by atoms with Gasteiger partial charge in [0.15, 0.2) is 0 Å². The number of benzene rings is 1. The summed E-state index contributed by atoms with van der Waals surface area (Å²) in [4.78, 5) is 20.1. The first-order chi connectivity index (χ1) is 10.9. The van der Waals surface area contributed by atoms with Gasteiger partial charge in [0.1, 0.15) is 18.2 Å². The summed E-state index contributed by atoms with van der Waals surface area (Å²) in [5.74, 6) is 0.908. The van der Waals surface area contributed by atoms with Crippen LogP contribution in [-0.2, 0) is 11.2 Å². The van der Waals surface area contributed by atoms with Crippen molar-refractivity contribution in [2.75, 3.05) is 6.54 Å². The Labute approximate surface area is 136 Å². The number of carbonyl (C=O) groups excluding carboxylic acids is 1. The summed E-state index contributed by atoms with van der Waals surface area (Å²) >= 11 is 0. The van der Waals surface area contributed by atoms with Crippen LogP contribution in [0.1, 0.15) is 26.3 Å². The van der Waals surface area contributed by atoms with Crippen molar-refractivity contribution in [3.63, 3.8) is 0 Å². The number of aromatic nitrogens is 2. The molecule has 1 aromatic heterocycles. The highest BCUT2D eigenvalue weighted by molar-refractivity contribution is 5.81. The topological polar surface area (TPSA) is 64.1 Å². The molecule has 1 aromatic carbocycles. The molecule has 0 fully saturated rings. The van der Waals surface area contributed by atoms with Crippen LogP contribution < -0.4 is 10.1 Å². The van der Waals surface area contributed by atoms with Crippen LogP contribution >= 0.6 is 0 Å². The number of amides is 1. The summed E-state index contributed by atoms with van der Waals surface area (Å²) in [6.07, 6.45) is 5.82. The van der Waals surface area contributed by atoms with E-state index in [0.717, 1.165) is 28.9 Å². The molecule has 1 unspecified atom stereocenters. The van der Waals surface area contributed by atoms with E-state index in [1.807, 2.05) is 32.9 Å². The van der Waals surface area contributed by atoms with E-state index in [-0.39, 0.29) is 12.0 Å². The van der Waals surface area contributed by atoms with E-state index in [0.29, 0.717) is 6.54 Å². The van der Waals surface area contributed by atoms with Crippen LogP contribution in [0.3, 0.4) is 0 Å². The van der Waals surface area contributed by atoms with Crippen LogP contribution in [0.15, 0.2) is 36.9 Å². The number of rotatable bonds is 3. The van der Waals surface area contributed by atoms with Crippen LogP contribution in [0, 0.1) is 5.41 Å². The minimum Gasteiger partial charge on any atom is -0.487 e. The fraction of sp³-hybridized carbons (Fsp3) is 0.389. The predicted molar refractivity (Wildman–Crippen MR) is 88.1 cm³/mol. The predicted octanol–water partition coefficient (Wildman–Crippen LogP) is 2.61. The Morgan fingerprint density at radius 3 is 2.74 bits per heavy atom. The number of fused-ring (bicyclic) bond motifs is 1. The smallest absolute Gasteiger partial charge is 0.225 e. The Bertz CT molecular complexity index is 708. The highest BCUT2D eigenvalue weighted by Gasteiger charge is 2.28. The van der Waals surface area contributed by atoms with Gasteiger partial charge in [-0.25, -0.2) is 9.97 Å². The van der Waals surface area contributed by atoms with E-state index in [9.17, 15) is 4.79 Å². The molecule has 2 heterocycles. The van der Waals surface area contributed by atoms with Gasteiger partial charge in [-0.2, -0.15) is 0 Å². The third kappa shape index (κ3) is 3.33. The van der Waals surface area contributed by atoms with Gasteiger partial charge in [0, 0.05) is 35.4 Å². The van der Waals surface area contributed by atoms with Crippen molar-refractivity contribution in [3.8, 4) is 16.9 Å². The number of ether oxygens (including phenoxy) is 1. The quantitative estimate of drug-likeness (QED) is 0.946. The summed E-state index contributed by atoms with van der Waals surface area (Å²) in [6.45, 7) is 6.22. The van der Waals surface area contributed by atoms with Gasteiger partial charge < -0.3 is 10.1 Å². The fourth-order valence-corrected chi connectivity index (χ4v) is 2.59. The molecular weight excluding hydrogens is 290 g/mol. The van der Waals surface area contributed by atoms with Gasteiger partial charge in [-0.1, -0.05) is 39.0 Å². The molecule has 0 radical (unpaired) electrons. The minimum atomic E-state index is -0.391. The molecule has 2 aromatic rings. The second-order valence-corrected chi connectivity index (χ2v) is 6.82. The van der Waals surface area contributed by atoms with Gasteiger partial charge in [-0.15, -0.1) is 0 Å². The van der Waals surface area contributed by atoms with Crippen molar-refractivity contribution in [1.82, 2.24) is 15.3 Å². The van der Waals surface area contributed by atoms with E-state index in [4.69, 9.17) is 4.74 Å². The Balaban J connectivity index is 1.73. The van der Waals surface area contributed by atoms with Crippen LogP contribution in [0.25, 0.3) is 11.1 Å². The van der Waals surface area contributed by atoms with Crippen molar-refractivity contribution in [1.29, 1.82) is 0 Å². The summed E-state index contributed by atoms with van der Waals surface area (Å²) in [6, 6.07) is 6.09. The molecule has 1 amide bonds. The molecule has 5 heteroatoms. The van der Waals surface area contributed by atoms with Crippen molar-refractivity contribution in [2.24, 2.45) is 5.41 Å². The standard InChI is InChI=1S/C18H21N3O2/c1-18(2,3)17(22)21-10-14-7-12-5-4-6-15(16(12)23-14)13-8-19-11-20-9-13/h4-6,8-9,11,14H,7,10H2,1-3H3,(H,21,22). The molecule has 0 bridgehead atoms. The molecular formula is C18H21N3O2. The first-order valence-corrected chi connectivity index (χ1v) is 7.77. The van der Waals surface area contributed by atoms with Crippen LogP contribution in [-0.4, -0.2) is 28.5 Å². The summed E-state index contributed by atoms with van der Waals surface area (Å²) in [7, 11) is 0. The second-order valence-electron chi connectivity index (χ2n) is 6.82. The summed E-state index contributed by atoms with van der Waals surface area (Å²) in [5.41, 5.74) is 2.69. The van der Waals surface area contributed by atoms with Gasteiger partial charge in [-0.3, -0.25) is 4.79 Å². The third-order valence-corrected chi connectivity index (χ3v) is 3.87. The molecule has 0 saturated heterocycles. The molecule has 1 aliphatic heterocycles. The maximum Gasteiger partial charge on any atom is 0.225 e. The van der Waals surface area contributed by atoms with Crippen LogP contribution in [0.4, 0.5) is 0 Å². The van der Waals surface area contributed by atoms with Crippen LogP contribution in [0.5, 0.6) is 5.75 Å². The monoisotopic (exact) mass is 311 g/mol. The molecule has 120 valence electrons. The molecule has 1 aliphatic rings. The van der Waals surface area contributed by atoms with E-state index < -0.39 is 5.41 Å². The lowest BCUT2D eigenvalue weighted by atomic mass is 9.95. The highest BCUT2D eigenvalue weighted by Crippen LogP contribution is 2.38. The van der Waals surface area contributed by atoms with Gasteiger partial charge >= 0.3 is 0 Å². The largest absolute Gasteiger partial charge is 0.487 e. The lowest BCUT2D eigenvalue weighted by Gasteiger charge is -2.19. The van der Waals surface area contributed by atoms with Crippen LogP contribution in [0.2, 0.25) is 0 Å². The maximum absolute atomic E-state index is 12.0. The van der Waals surface area contributed by atoms with E-state index in [1.54, 1.807) is 12.4 Å². The number of para-hydroxylation sites is 1. The molecule has 1 atom stereocenters. The Kier molecular flexibility index (Phi) is 4.03. The Morgan fingerprint density at radius 1 is 1.30 bits per heavy atom. The Hall–Kier alpha value is -2.43. The molecule has 0 saturated carbocycles. The average molecular weight is 311 g/mol. The average Bonchev–Trinajstić information content (AvgIpc) is 2.95. The number of hydrogen-bond donors (Lipinski definition) is 1. The van der Waals surface area contributed by atoms with Gasteiger partial charge in [0.25, 0.3) is 0 Å². The minimum absolute atomic E-state index is 0.0359. The van der Waals surface area contributed by atoms with E-state index >= 15 is 0 Å². The molecule has 5 nitrogen and oxygen atoms in total. The normalized spacial score (nSPS) is 16.6. The fourth-order valence-electron chi connectivity index (χ4n) is 2.59. The number of hydrogen-bond acceptors (Lipinski definition) is 4. The van der Waals surface area contributed by atoms with Gasteiger partial charge in [-0.05, 0) is 5.56 Å². The van der Waals surface area contributed by atoms with Gasteiger partial charge in [0.2, 0.25) is 5.91 Å². The molecule has 3 rings (SSSR count). The molecule has 23 heavy (non-hydrogen) atoms.